The summed E-state index contributed by atoms with van der Waals surface area (Å²) in [5.74, 6) is 0.151. The Labute approximate surface area is 185 Å². The molecule has 0 saturated heterocycles. The van der Waals surface area contributed by atoms with Crippen molar-refractivity contribution in [3.05, 3.63) is 53.2 Å². The molecule has 9 nitrogen and oxygen atoms in total. The van der Waals surface area contributed by atoms with Gasteiger partial charge in [-0.05, 0) is 30.3 Å². The van der Waals surface area contributed by atoms with Crippen LogP contribution in [0.3, 0.4) is 0 Å². The molecule has 0 aliphatic carbocycles. The summed E-state index contributed by atoms with van der Waals surface area (Å²) in [4.78, 5) is 20.6. The maximum atomic E-state index is 13.2. The molecule has 33 heavy (non-hydrogen) atoms. The maximum Gasteiger partial charge on any atom is 0.433 e. The average Bonchev–Trinajstić information content (AvgIpc) is 3.41. The van der Waals surface area contributed by atoms with E-state index in [1.165, 1.54) is 19.2 Å². The Morgan fingerprint density at radius 2 is 2.03 bits per heavy atom. The number of benzene rings is 1. The summed E-state index contributed by atoms with van der Waals surface area (Å²) >= 11 is 0. The summed E-state index contributed by atoms with van der Waals surface area (Å²) in [5, 5.41) is 6.68. The average molecular weight is 459 g/mol. The number of hydrogen-bond donors (Lipinski definition) is 2. The van der Waals surface area contributed by atoms with Crippen LogP contribution in [0, 0.1) is 0 Å². The zero-order valence-electron chi connectivity index (χ0n) is 17.5. The van der Waals surface area contributed by atoms with Crippen molar-refractivity contribution < 1.29 is 31.6 Å². The van der Waals surface area contributed by atoms with E-state index in [2.05, 4.69) is 20.4 Å². The lowest BCUT2D eigenvalue weighted by Gasteiger charge is -2.11. The van der Waals surface area contributed by atoms with E-state index in [-0.39, 0.29) is 41.7 Å². The van der Waals surface area contributed by atoms with Crippen molar-refractivity contribution in [1.82, 2.24) is 20.4 Å². The predicted molar refractivity (Wildman–Crippen MR) is 113 cm³/mol. The van der Waals surface area contributed by atoms with Gasteiger partial charge in [-0.1, -0.05) is 5.16 Å². The van der Waals surface area contributed by atoms with Crippen LogP contribution in [0.2, 0.25) is 0 Å². The number of oxazole rings is 1. The van der Waals surface area contributed by atoms with E-state index in [9.17, 15) is 18.0 Å². The molecule has 1 aromatic carbocycles. The number of fused-ring (bicyclic) bond motifs is 1. The second-order valence-corrected chi connectivity index (χ2v) is 7.02. The fraction of sp³-hybridized carbons (Fsp3) is 0.200. The molecule has 4 aromatic rings. The molecule has 0 radical (unpaired) electrons. The number of aromatic nitrogens is 3. The Morgan fingerprint density at radius 1 is 1.24 bits per heavy atom. The fourth-order valence-electron chi connectivity index (χ4n) is 3.23. The molecule has 3 aromatic heterocycles. The summed E-state index contributed by atoms with van der Waals surface area (Å²) in [5.41, 5.74) is 5.57. The SMILES string of the molecule is Bc1cc(CNC(=O)c2nc(-c3ccc(OC)c4nc(C(F)(F)F)ccc34)oc2CN)on1. The van der Waals surface area contributed by atoms with E-state index >= 15 is 0 Å². The maximum absolute atomic E-state index is 13.2. The molecule has 170 valence electrons. The lowest BCUT2D eigenvalue weighted by atomic mass is 10.1. The Hall–Kier alpha value is -3.87. The van der Waals surface area contributed by atoms with Gasteiger partial charge in [0.1, 0.15) is 17.0 Å². The van der Waals surface area contributed by atoms with Crippen LogP contribution in [-0.2, 0) is 19.3 Å². The molecule has 13 heteroatoms. The van der Waals surface area contributed by atoms with Crippen molar-refractivity contribution in [2.75, 3.05) is 7.11 Å². The number of amides is 1. The molecule has 0 unspecified atom stereocenters. The minimum Gasteiger partial charge on any atom is -0.494 e. The predicted octanol–water partition coefficient (Wildman–Crippen LogP) is 1.55. The van der Waals surface area contributed by atoms with Crippen molar-refractivity contribution in [3.63, 3.8) is 0 Å². The highest BCUT2D eigenvalue weighted by molar-refractivity contribution is 6.30. The quantitative estimate of drug-likeness (QED) is 0.416. The van der Waals surface area contributed by atoms with Gasteiger partial charge in [0.25, 0.3) is 5.91 Å². The Morgan fingerprint density at radius 3 is 2.67 bits per heavy atom. The second kappa shape index (κ2) is 8.58. The zero-order valence-corrected chi connectivity index (χ0v) is 17.5. The van der Waals surface area contributed by atoms with Crippen LogP contribution >= 0.6 is 0 Å². The molecular formula is C20H17BF3N5O4. The number of ether oxygens (including phenoxy) is 1. The number of nitrogens with one attached hydrogen (secondary N) is 1. The first-order chi connectivity index (χ1) is 15.7. The van der Waals surface area contributed by atoms with E-state index in [4.69, 9.17) is 19.4 Å². The fourth-order valence-corrected chi connectivity index (χ4v) is 3.23. The minimum absolute atomic E-state index is 0.00493. The third-order valence-corrected chi connectivity index (χ3v) is 4.76. The van der Waals surface area contributed by atoms with Crippen LogP contribution in [0.15, 0.2) is 39.3 Å². The van der Waals surface area contributed by atoms with Crippen LogP contribution in [0.5, 0.6) is 5.75 Å². The van der Waals surface area contributed by atoms with Crippen molar-refractivity contribution >= 4 is 30.2 Å². The molecule has 4 rings (SSSR count). The van der Waals surface area contributed by atoms with Crippen molar-refractivity contribution in [3.8, 4) is 17.2 Å². The number of rotatable bonds is 6. The minimum atomic E-state index is -4.63. The van der Waals surface area contributed by atoms with E-state index < -0.39 is 17.8 Å². The lowest BCUT2D eigenvalue weighted by molar-refractivity contribution is -0.140. The summed E-state index contributed by atoms with van der Waals surface area (Å²) in [7, 11) is 3.07. The molecule has 0 aliphatic rings. The monoisotopic (exact) mass is 459 g/mol. The standard InChI is InChI=1S/C20H17BF3N5O4/c1-31-12-4-2-11(10-3-5-14(20(22,23)24)27-16(10)12)19-28-17(13(7-25)32-19)18(30)26-8-9-6-15(21)29-33-9/h2-6H,7-8,21,25H2,1H3,(H,26,30). The number of carbonyl (C=O) groups excluding carboxylic acids is 1. The number of alkyl halides is 3. The zero-order chi connectivity index (χ0) is 23.8. The third-order valence-electron chi connectivity index (χ3n) is 4.76. The first kappa shape index (κ1) is 22.3. The molecule has 1 amide bonds. The van der Waals surface area contributed by atoms with E-state index in [1.54, 1.807) is 20.0 Å². The molecule has 0 spiro atoms. The topological polar surface area (TPSA) is 129 Å². The van der Waals surface area contributed by atoms with Gasteiger partial charge in [-0.25, -0.2) is 9.97 Å². The van der Waals surface area contributed by atoms with Gasteiger partial charge in [-0.15, -0.1) is 0 Å². The Balaban J connectivity index is 1.72. The van der Waals surface area contributed by atoms with Crippen molar-refractivity contribution in [2.24, 2.45) is 5.73 Å². The van der Waals surface area contributed by atoms with Crippen molar-refractivity contribution in [2.45, 2.75) is 19.3 Å². The normalized spacial score (nSPS) is 11.7. The number of pyridine rings is 1. The molecule has 0 fully saturated rings. The molecule has 0 saturated carbocycles. The van der Waals surface area contributed by atoms with Crippen LogP contribution in [0.1, 0.15) is 27.7 Å². The van der Waals surface area contributed by atoms with Crippen LogP contribution in [0.25, 0.3) is 22.4 Å². The van der Waals surface area contributed by atoms with Gasteiger partial charge in [0.15, 0.2) is 25.1 Å². The van der Waals surface area contributed by atoms with Gasteiger partial charge in [-0.3, -0.25) is 4.79 Å². The summed E-state index contributed by atoms with van der Waals surface area (Å²) < 4.78 is 55.4. The van der Waals surface area contributed by atoms with Gasteiger partial charge in [0, 0.05) is 16.5 Å². The highest BCUT2D eigenvalue weighted by atomic mass is 19.4. The number of halogens is 3. The van der Waals surface area contributed by atoms with E-state index in [1.807, 2.05) is 0 Å². The van der Waals surface area contributed by atoms with Gasteiger partial charge < -0.3 is 24.7 Å². The Kier molecular flexibility index (Phi) is 5.81. The van der Waals surface area contributed by atoms with Gasteiger partial charge >= 0.3 is 6.18 Å². The number of nitrogens with zero attached hydrogens (tertiary/aromatic N) is 3. The van der Waals surface area contributed by atoms with Crippen LogP contribution < -0.4 is 21.4 Å². The molecule has 0 aliphatic heterocycles. The highest BCUT2D eigenvalue weighted by Gasteiger charge is 2.33. The van der Waals surface area contributed by atoms with Gasteiger partial charge in [0.05, 0.1) is 20.2 Å². The van der Waals surface area contributed by atoms with Crippen LogP contribution in [0.4, 0.5) is 13.2 Å². The van der Waals surface area contributed by atoms with E-state index in [0.717, 1.165) is 6.07 Å². The van der Waals surface area contributed by atoms with Gasteiger partial charge in [-0.2, -0.15) is 13.2 Å². The first-order valence-corrected chi connectivity index (χ1v) is 9.66. The lowest BCUT2D eigenvalue weighted by Crippen LogP contribution is -2.24. The molecule has 3 heterocycles. The molecule has 0 bridgehead atoms. The smallest absolute Gasteiger partial charge is 0.433 e. The highest BCUT2D eigenvalue weighted by Crippen LogP contribution is 2.36. The molecule has 0 atom stereocenters. The summed E-state index contributed by atoms with van der Waals surface area (Å²) in [6.07, 6.45) is -4.63. The van der Waals surface area contributed by atoms with Gasteiger partial charge in [0.2, 0.25) is 5.89 Å². The van der Waals surface area contributed by atoms with Crippen molar-refractivity contribution in [1.29, 1.82) is 0 Å². The summed E-state index contributed by atoms with van der Waals surface area (Å²) in [6.45, 7) is -0.0524. The first-order valence-electron chi connectivity index (χ1n) is 9.66. The summed E-state index contributed by atoms with van der Waals surface area (Å²) in [6, 6.07) is 6.78. The molecular weight excluding hydrogens is 442 g/mol. The largest absolute Gasteiger partial charge is 0.494 e. The molecule has 3 N–H and O–H groups in total. The van der Waals surface area contributed by atoms with Crippen LogP contribution in [-0.4, -0.2) is 36.0 Å². The number of hydrogen-bond acceptors (Lipinski definition) is 8. The van der Waals surface area contributed by atoms with E-state index in [0.29, 0.717) is 22.3 Å². The Bertz CT molecular complexity index is 1340. The number of methoxy groups -OCH3 is 1. The number of nitrogens with two attached hydrogens (primary N) is 1. The number of carbonyl (C=O) groups is 1. The second-order valence-electron chi connectivity index (χ2n) is 7.02. The third kappa shape index (κ3) is 4.39.